The number of carboxylic acids is 1. The molecule has 0 spiro atoms. The smallest absolute Gasteiger partial charge is 0.328 e. The molecule has 1 atom stereocenters. The van der Waals surface area contributed by atoms with E-state index in [1.807, 2.05) is 0 Å². The second kappa shape index (κ2) is 4.75. The van der Waals surface area contributed by atoms with Gasteiger partial charge >= 0.3 is 11.7 Å². The fraction of sp³-hybridized carbons (Fsp3) is 0.444. The number of carbonyl (C=O) groups is 1. The first kappa shape index (κ1) is 12.2. The van der Waals surface area contributed by atoms with Crippen molar-refractivity contribution in [3.8, 4) is 0 Å². The lowest BCUT2D eigenvalue weighted by Crippen LogP contribution is -2.39. The summed E-state index contributed by atoms with van der Waals surface area (Å²) in [5.74, 6) is -1.16. The molecule has 0 aliphatic carbocycles. The van der Waals surface area contributed by atoms with Gasteiger partial charge in [0.2, 0.25) is 0 Å². The Kier molecular flexibility index (Phi) is 3.62. The molecule has 0 fully saturated rings. The van der Waals surface area contributed by atoms with Crippen molar-refractivity contribution in [2.45, 2.75) is 25.9 Å². The molecule has 0 bridgehead atoms. The molecule has 0 aliphatic rings. The van der Waals surface area contributed by atoms with Crippen LogP contribution < -0.4 is 17.0 Å². The first-order chi connectivity index (χ1) is 7.43. The van der Waals surface area contributed by atoms with Crippen LogP contribution in [0.3, 0.4) is 0 Å². The number of aromatic amines is 1. The van der Waals surface area contributed by atoms with Crippen LogP contribution in [0.4, 0.5) is 0 Å². The average Bonchev–Trinajstić information content (AvgIpc) is 2.23. The Morgan fingerprint density at radius 1 is 1.62 bits per heavy atom. The number of H-pyrrole nitrogens is 1. The number of rotatable bonds is 4. The third-order valence-corrected chi connectivity index (χ3v) is 2.22. The summed E-state index contributed by atoms with van der Waals surface area (Å²) in [6.07, 6.45) is 1.35. The molecule has 7 nitrogen and oxygen atoms in total. The second-order valence-corrected chi connectivity index (χ2v) is 3.47. The van der Waals surface area contributed by atoms with Gasteiger partial charge in [0.15, 0.2) is 0 Å². The van der Waals surface area contributed by atoms with E-state index in [9.17, 15) is 14.4 Å². The van der Waals surface area contributed by atoms with Crippen molar-refractivity contribution in [3.05, 3.63) is 32.6 Å². The SMILES string of the molecule is Cc1c[nH]c(=O)n(CCC(N)C(=O)O)c1=O. The number of aromatic nitrogens is 2. The highest BCUT2D eigenvalue weighted by Gasteiger charge is 2.12. The molecular weight excluding hydrogens is 214 g/mol. The minimum absolute atomic E-state index is 0.0106. The molecule has 0 aromatic carbocycles. The standard InChI is InChI=1S/C9H13N3O4/c1-5-4-11-9(16)12(7(5)13)3-2-6(10)8(14)15/h4,6H,2-3,10H2,1H3,(H,11,16)(H,14,15). The van der Waals surface area contributed by atoms with E-state index in [2.05, 4.69) is 4.98 Å². The maximum absolute atomic E-state index is 11.5. The zero-order chi connectivity index (χ0) is 12.3. The molecule has 1 heterocycles. The number of nitrogens with zero attached hydrogens (tertiary/aromatic N) is 1. The maximum atomic E-state index is 11.5. The first-order valence-electron chi connectivity index (χ1n) is 4.71. The molecule has 7 heteroatoms. The molecule has 0 amide bonds. The molecule has 0 saturated carbocycles. The monoisotopic (exact) mass is 227 g/mol. The van der Waals surface area contributed by atoms with Crippen LogP contribution in [0.2, 0.25) is 0 Å². The maximum Gasteiger partial charge on any atom is 0.328 e. The van der Waals surface area contributed by atoms with Gasteiger partial charge in [0.25, 0.3) is 5.56 Å². The summed E-state index contributed by atoms with van der Waals surface area (Å²) in [5.41, 5.74) is 4.68. The zero-order valence-corrected chi connectivity index (χ0v) is 8.77. The third kappa shape index (κ3) is 2.57. The fourth-order valence-electron chi connectivity index (χ4n) is 1.21. The summed E-state index contributed by atoms with van der Waals surface area (Å²) in [6.45, 7) is 1.55. The predicted molar refractivity (Wildman–Crippen MR) is 56.3 cm³/mol. The zero-order valence-electron chi connectivity index (χ0n) is 8.77. The van der Waals surface area contributed by atoms with Gasteiger partial charge in [-0.3, -0.25) is 14.2 Å². The van der Waals surface area contributed by atoms with Gasteiger partial charge in [-0.1, -0.05) is 0 Å². The Morgan fingerprint density at radius 3 is 2.81 bits per heavy atom. The normalized spacial score (nSPS) is 12.4. The van der Waals surface area contributed by atoms with Crippen molar-refractivity contribution in [2.24, 2.45) is 5.73 Å². The molecule has 1 aromatic heterocycles. The summed E-state index contributed by atoms with van der Waals surface area (Å²) in [5, 5.41) is 8.55. The fourth-order valence-corrected chi connectivity index (χ4v) is 1.21. The quantitative estimate of drug-likeness (QED) is 0.587. The largest absolute Gasteiger partial charge is 0.480 e. The van der Waals surface area contributed by atoms with Gasteiger partial charge in [0.1, 0.15) is 6.04 Å². The molecule has 0 radical (unpaired) electrons. The van der Waals surface area contributed by atoms with E-state index in [0.717, 1.165) is 4.57 Å². The number of aryl methyl sites for hydroxylation is 1. The third-order valence-electron chi connectivity index (χ3n) is 2.22. The molecule has 4 N–H and O–H groups in total. The minimum atomic E-state index is -1.16. The molecular formula is C9H13N3O4. The van der Waals surface area contributed by atoms with Gasteiger partial charge in [0.05, 0.1) is 0 Å². The van der Waals surface area contributed by atoms with Crippen LogP contribution in [0.15, 0.2) is 15.8 Å². The highest BCUT2D eigenvalue weighted by molar-refractivity contribution is 5.72. The highest BCUT2D eigenvalue weighted by atomic mass is 16.4. The lowest BCUT2D eigenvalue weighted by atomic mass is 10.2. The first-order valence-corrected chi connectivity index (χ1v) is 4.71. The van der Waals surface area contributed by atoms with Crippen molar-refractivity contribution in [1.82, 2.24) is 9.55 Å². The van der Waals surface area contributed by atoms with Crippen LogP contribution in [0.25, 0.3) is 0 Å². The van der Waals surface area contributed by atoms with Crippen LogP contribution in [-0.4, -0.2) is 26.7 Å². The molecule has 0 aliphatic heterocycles. The topological polar surface area (TPSA) is 118 Å². The van der Waals surface area contributed by atoms with E-state index in [0.29, 0.717) is 5.56 Å². The molecule has 16 heavy (non-hydrogen) atoms. The summed E-state index contributed by atoms with van der Waals surface area (Å²) < 4.78 is 0.943. The molecule has 1 aromatic rings. The Morgan fingerprint density at radius 2 is 2.25 bits per heavy atom. The van der Waals surface area contributed by atoms with Crippen LogP contribution in [0, 0.1) is 6.92 Å². The number of hydrogen-bond donors (Lipinski definition) is 3. The van der Waals surface area contributed by atoms with Gasteiger partial charge in [-0.05, 0) is 13.3 Å². The Balaban J connectivity index is 2.90. The molecule has 1 unspecified atom stereocenters. The number of aliphatic carboxylic acids is 1. The average molecular weight is 227 g/mol. The van der Waals surface area contributed by atoms with Gasteiger partial charge < -0.3 is 15.8 Å². The lowest BCUT2D eigenvalue weighted by Gasteiger charge is -2.07. The van der Waals surface area contributed by atoms with Crippen molar-refractivity contribution < 1.29 is 9.90 Å². The minimum Gasteiger partial charge on any atom is -0.480 e. The van der Waals surface area contributed by atoms with Crippen LogP contribution in [0.1, 0.15) is 12.0 Å². The second-order valence-electron chi connectivity index (χ2n) is 3.47. The van der Waals surface area contributed by atoms with E-state index < -0.39 is 23.3 Å². The predicted octanol–water partition coefficient (Wildman–Crippen LogP) is -1.35. The number of nitrogens with two attached hydrogens (primary N) is 1. The summed E-state index contributed by atoms with van der Waals surface area (Å²) in [6, 6.07) is -1.08. The van der Waals surface area contributed by atoms with Crippen LogP contribution in [-0.2, 0) is 11.3 Å². The lowest BCUT2D eigenvalue weighted by molar-refractivity contribution is -0.138. The van der Waals surface area contributed by atoms with Crippen molar-refractivity contribution in [1.29, 1.82) is 0 Å². The Hall–Kier alpha value is -1.89. The van der Waals surface area contributed by atoms with E-state index in [4.69, 9.17) is 10.8 Å². The number of nitrogens with one attached hydrogen (secondary N) is 1. The van der Waals surface area contributed by atoms with Crippen molar-refractivity contribution in [3.63, 3.8) is 0 Å². The molecule has 1 rings (SSSR count). The number of hydrogen-bond acceptors (Lipinski definition) is 4. The van der Waals surface area contributed by atoms with Crippen LogP contribution >= 0.6 is 0 Å². The van der Waals surface area contributed by atoms with Gasteiger partial charge in [0, 0.05) is 18.3 Å². The van der Waals surface area contributed by atoms with Gasteiger partial charge in [-0.2, -0.15) is 0 Å². The Bertz CT molecular complexity index is 502. The number of carboxylic acid groups (broad SMARTS) is 1. The van der Waals surface area contributed by atoms with Gasteiger partial charge in [-0.25, -0.2) is 4.79 Å². The summed E-state index contributed by atoms with van der Waals surface area (Å²) >= 11 is 0. The molecule has 88 valence electrons. The highest BCUT2D eigenvalue weighted by Crippen LogP contribution is 1.90. The van der Waals surface area contributed by atoms with Crippen molar-refractivity contribution >= 4 is 5.97 Å². The van der Waals surface area contributed by atoms with E-state index in [1.54, 1.807) is 6.92 Å². The molecule has 0 saturated heterocycles. The van der Waals surface area contributed by atoms with Crippen molar-refractivity contribution in [2.75, 3.05) is 0 Å². The van der Waals surface area contributed by atoms with Crippen LogP contribution in [0.5, 0.6) is 0 Å². The summed E-state index contributed by atoms with van der Waals surface area (Å²) in [4.78, 5) is 35.7. The van der Waals surface area contributed by atoms with Gasteiger partial charge in [-0.15, -0.1) is 0 Å². The van der Waals surface area contributed by atoms with E-state index in [1.165, 1.54) is 6.20 Å². The summed E-state index contributed by atoms with van der Waals surface area (Å²) in [7, 11) is 0. The van der Waals surface area contributed by atoms with E-state index >= 15 is 0 Å². The van der Waals surface area contributed by atoms with E-state index in [-0.39, 0.29) is 13.0 Å². The Labute approximate surface area is 90.5 Å².